The summed E-state index contributed by atoms with van der Waals surface area (Å²) >= 11 is 0. The Morgan fingerprint density at radius 3 is 2.75 bits per heavy atom. The highest BCUT2D eigenvalue weighted by atomic mass is 16.5. The third kappa shape index (κ3) is 2.59. The first-order valence-corrected chi connectivity index (χ1v) is 4.97. The van der Waals surface area contributed by atoms with Gasteiger partial charge >= 0.3 is 5.97 Å². The lowest BCUT2D eigenvalue weighted by Crippen LogP contribution is -2.30. The summed E-state index contributed by atoms with van der Waals surface area (Å²) in [7, 11) is 1.27. The number of nitrogens with one attached hydrogen (secondary N) is 1. The van der Waals surface area contributed by atoms with Gasteiger partial charge in [0.25, 0.3) is 5.91 Å². The molecule has 1 aromatic rings. The second-order valence-corrected chi connectivity index (χ2v) is 3.22. The largest absolute Gasteiger partial charge is 0.468 e. The molecule has 0 spiro atoms. The molecule has 0 saturated heterocycles. The topological polar surface area (TPSA) is 73.2 Å². The normalized spacial score (nSPS) is 9.94. The number of hydrogen-bond acceptors (Lipinski definition) is 4. The van der Waals surface area contributed by atoms with Gasteiger partial charge in [0.15, 0.2) is 0 Å². The molecule has 0 aromatic carbocycles. The number of aromatic nitrogens is 2. The first-order valence-electron chi connectivity index (χ1n) is 4.97. The van der Waals surface area contributed by atoms with E-state index in [4.69, 9.17) is 0 Å². The molecule has 1 N–H and O–H groups in total. The number of rotatable bonds is 4. The summed E-state index contributed by atoms with van der Waals surface area (Å²) in [4.78, 5) is 22.5. The van der Waals surface area contributed by atoms with Crippen molar-refractivity contribution in [1.29, 1.82) is 0 Å². The molecule has 0 unspecified atom stereocenters. The van der Waals surface area contributed by atoms with Crippen molar-refractivity contribution in [2.45, 2.75) is 20.4 Å². The molecule has 0 atom stereocenters. The van der Waals surface area contributed by atoms with Crippen molar-refractivity contribution in [3.63, 3.8) is 0 Å². The number of carbonyl (C=O) groups excluding carboxylic acids is 2. The van der Waals surface area contributed by atoms with Gasteiger partial charge in [-0.05, 0) is 13.8 Å². The fourth-order valence-corrected chi connectivity index (χ4v) is 1.31. The Bertz CT molecular complexity index is 398. The maximum absolute atomic E-state index is 11.6. The fraction of sp³-hybridized carbons (Fsp3) is 0.500. The van der Waals surface area contributed by atoms with Crippen molar-refractivity contribution < 1.29 is 14.3 Å². The van der Waals surface area contributed by atoms with Crippen molar-refractivity contribution in [1.82, 2.24) is 15.1 Å². The molecule has 6 heteroatoms. The Labute approximate surface area is 93.6 Å². The van der Waals surface area contributed by atoms with Gasteiger partial charge in [-0.15, -0.1) is 0 Å². The summed E-state index contributed by atoms with van der Waals surface area (Å²) in [6.45, 7) is 4.32. The number of hydrogen-bond donors (Lipinski definition) is 1. The van der Waals surface area contributed by atoms with Crippen molar-refractivity contribution in [2.24, 2.45) is 0 Å². The van der Waals surface area contributed by atoms with Crippen molar-refractivity contribution in [3.05, 3.63) is 17.5 Å². The van der Waals surface area contributed by atoms with Crippen LogP contribution in [0, 0.1) is 6.92 Å². The smallest absolute Gasteiger partial charge is 0.325 e. The Kier molecular flexibility index (Phi) is 4.04. The van der Waals surface area contributed by atoms with Gasteiger partial charge in [0.2, 0.25) is 0 Å². The number of ether oxygens (including phenoxy) is 1. The molecule has 0 aliphatic heterocycles. The van der Waals surface area contributed by atoms with E-state index in [0.29, 0.717) is 12.1 Å². The van der Waals surface area contributed by atoms with E-state index < -0.39 is 5.97 Å². The van der Waals surface area contributed by atoms with Gasteiger partial charge < -0.3 is 10.1 Å². The summed E-state index contributed by atoms with van der Waals surface area (Å²) in [6, 6.07) is 0. The van der Waals surface area contributed by atoms with Crippen LogP contribution in [0.2, 0.25) is 0 Å². The molecule has 0 aliphatic rings. The van der Waals surface area contributed by atoms with Crippen LogP contribution in [0.4, 0.5) is 0 Å². The lowest BCUT2D eigenvalue weighted by molar-refractivity contribution is -0.139. The lowest BCUT2D eigenvalue weighted by atomic mass is 10.2. The minimum atomic E-state index is -0.478. The first-order chi connectivity index (χ1) is 7.60. The van der Waals surface area contributed by atoms with Gasteiger partial charge in [-0.1, -0.05) is 0 Å². The first kappa shape index (κ1) is 12.2. The van der Waals surface area contributed by atoms with Gasteiger partial charge in [0.05, 0.1) is 18.9 Å². The van der Waals surface area contributed by atoms with E-state index in [1.807, 2.05) is 13.8 Å². The minimum Gasteiger partial charge on any atom is -0.468 e. The van der Waals surface area contributed by atoms with E-state index in [0.717, 1.165) is 5.69 Å². The molecule has 16 heavy (non-hydrogen) atoms. The predicted octanol–water partition coefficient (Wildman–Crippen LogP) is 0.114. The molecule has 1 rings (SSSR count). The van der Waals surface area contributed by atoms with Crippen LogP contribution >= 0.6 is 0 Å². The molecule has 1 amide bonds. The standard InChI is InChI=1S/C10H15N3O3/c1-4-13-7(2)8(5-12-13)10(15)11-6-9(14)16-3/h5H,4,6H2,1-3H3,(H,11,15). The van der Waals surface area contributed by atoms with Gasteiger partial charge in [-0.3, -0.25) is 14.3 Å². The lowest BCUT2D eigenvalue weighted by Gasteiger charge is -2.03. The molecular formula is C10H15N3O3. The van der Waals surface area contributed by atoms with Gasteiger partial charge in [-0.2, -0.15) is 5.10 Å². The second kappa shape index (κ2) is 5.29. The molecule has 0 radical (unpaired) electrons. The van der Waals surface area contributed by atoms with Crippen LogP contribution in [0.5, 0.6) is 0 Å². The van der Waals surface area contributed by atoms with E-state index in [1.165, 1.54) is 13.3 Å². The van der Waals surface area contributed by atoms with Crippen LogP contribution < -0.4 is 5.32 Å². The monoisotopic (exact) mass is 225 g/mol. The van der Waals surface area contributed by atoms with E-state index >= 15 is 0 Å². The predicted molar refractivity (Wildman–Crippen MR) is 57.0 cm³/mol. The number of methoxy groups -OCH3 is 1. The number of nitrogens with zero attached hydrogens (tertiary/aromatic N) is 2. The Morgan fingerprint density at radius 2 is 2.25 bits per heavy atom. The van der Waals surface area contributed by atoms with E-state index in [2.05, 4.69) is 15.2 Å². The van der Waals surface area contributed by atoms with E-state index in [1.54, 1.807) is 4.68 Å². The maximum Gasteiger partial charge on any atom is 0.325 e. The molecule has 88 valence electrons. The quantitative estimate of drug-likeness (QED) is 0.738. The van der Waals surface area contributed by atoms with Crippen LogP contribution in [0.3, 0.4) is 0 Å². The van der Waals surface area contributed by atoms with Crippen molar-refractivity contribution in [3.8, 4) is 0 Å². The molecule has 1 aromatic heterocycles. The number of aryl methyl sites for hydroxylation is 1. The number of carbonyl (C=O) groups is 2. The zero-order valence-corrected chi connectivity index (χ0v) is 9.61. The summed E-state index contributed by atoms with van der Waals surface area (Å²) < 4.78 is 6.13. The number of esters is 1. The van der Waals surface area contributed by atoms with Crippen LogP contribution in [-0.2, 0) is 16.1 Å². The maximum atomic E-state index is 11.6. The SMILES string of the molecule is CCn1ncc(C(=O)NCC(=O)OC)c1C. The summed E-state index contributed by atoms with van der Waals surface area (Å²) in [5, 5.41) is 6.50. The zero-order chi connectivity index (χ0) is 12.1. The van der Waals surface area contributed by atoms with Crippen LogP contribution in [0.1, 0.15) is 23.0 Å². The number of amides is 1. The summed E-state index contributed by atoms with van der Waals surface area (Å²) in [5.41, 5.74) is 1.26. The van der Waals surface area contributed by atoms with Gasteiger partial charge in [0.1, 0.15) is 6.54 Å². The molecule has 0 aliphatic carbocycles. The third-order valence-corrected chi connectivity index (χ3v) is 2.27. The highest BCUT2D eigenvalue weighted by Gasteiger charge is 2.14. The second-order valence-electron chi connectivity index (χ2n) is 3.22. The molecule has 6 nitrogen and oxygen atoms in total. The Morgan fingerprint density at radius 1 is 1.56 bits per heavy atom. The average molecular weight is 225 g/mol. The fourth-order valence-electron chi connectivity index (χ4n) is 1.31. The Hall–Kier alpha value is -1.85. The molecule has 1 heterocycles. The van der Waals surface area contributed by atoms with E-state index in [-0.39, 0.29) is 12.5 Å². The molecule has 0 fully saturated rings. The molecule has 0 saturated carbocycles. The van der Waals surface area contributed by atoms with Crippen LogP contribution in [0.25, 0.3) is 0 Å². The van der Waals surface area contributed by atoms with Crippen LogP contribution in [-0.4, -0.2) is 35.3 Å². The zero-order valence-electron chi connectivity index (χ0n) is 9.61. The van der Waals surface area contributed by atoms with Crippen molar-refractivity contribution >= 4 is 11.9 Å². The van der Waals surface area contributed by atoms with E-state index in [9.17, 15) is 9.59 Å². The average Bonchev–Trinajstić information content (AvgIpc) is 2.66. The molecular weight excluding hydrogens is 210 g/mol. The summed E-state index contributed by atoms with van der Waals surface area (Å²) in [6.07, 6.45) is 1.49. The third-order valence-electron chi connectivity index (χ3n) is 2.27. The van der Waals surface area contributed by atoms with Gasteiger partial charge in [-0.25, -0.2) is 0 Å². The molecule has 0 bridgehead atoms. The summed E-state index contributed by atoms with van der Waals surface area (Å²) in [5.74, 6) is -0.795. The van der Waals surface area contributed by atoms with Crippen LogP contribution in [0.15, 0.2) is 6.20 Å². The minimum absolute atomic E-state index is 0.133. The highest BCUT2D eigenvalue weighted by Crippen LogP contribution is 2.06. The Balaban J connectivity index is 2.66. The highest BCUT2D eigenvalue weighted by molar-refractivity contribution is 5.96. The van der Waals surface area contributed by atoms with Gasteiger partial charge in [0, 0.05) is 12.2 Å². The van der Waals surface area contributed by atoms with Crippen molar-refractivity contribution in [2.75, 3.05) is 13.7 Å².